The van der Waals surface area contributed by atoms with Crippen LogP contribution in [0.25, 0.3) is 10.9 Å². The minimum absolute atomic E-state index is 0.0790. The molecule has 1 amide bonds. The number of aromatic nitrogens is 1. The molecule has 1 aromatic heterocycles. The van der Waals surface area contributed by atoms with Crippen molar-refractivity contribution in [3.05, 3.63) is 66.4 Å². The summed E-state index contributed by atoms with van der Waals surface area (Å²) in [5.74, 6) is 0.551. The predicted molar refractivity (Wildman–Crippen MR) is 113 cm³/mol. The Hall–Kier alpha value is -3.12. The first kappa shape index (κ1) is 19.2. The lowest BCUT2D eigenvalue weighted by molar-refractivity contribution is -0.147. The first-order valence-corrected chi connectivity index (χ1v) is 9.65. The van der Waals surface area contributed by atoms with Crippen LogP contribution in [0.15, 0.2) is 60.8 Å². The van der Waals surface area contributed by atoms with Gasteiger partial charge in [-0.05, 0) is 41.8 Å². The van der Waals surface area contributed by atoms with Crippen LogP contribution in [0.2, 0.25) is 0 Å². The fourth-order valence-electron chi connectivity index (χ4n) is 3.34. The van der Waals surface area contributed by atoms with Gasteiger partial charge < -0.3 is 14.8 Å². The molecule has 0 spiro atoms. The molecule has 2 heterocycles. The molecule has 0 aliphatic carbocycles. The zero-order valence-corrected chi connectivity index (χ0v) is 16.8. The van der Waals surface area contributed by atoms with Crippen molar-refractivity contribution in [1.82, 2.24) is 9.88 Å². The number of nitrogens with zero attached hydrogens (tertiary/aromatic N) is 2. The fraction of sp³-hybridized carbons (Fsp3) is 0.304. The van der Waals surface area contributed by atoms with Gasteiger partial charge in [0.1, 0.15) is 11.1 Å². The zero-order valence-electron chi connectivity index (χ0n) is 16.8. The van der Waals surface area contributed by atoms with Gasteiger partial charge in [0.25, 0.3) is 5.91 Å². The van der Waals surface area contributed by atoms with Gasteiger partial charge in [-0.3, -0.25) is 9.78 Å². The van der Waals surface area contributed by atoms with E-state index in [1.165, 1.54) is 0 Å². The molecule has 0 unspecified atom stereocenters. The van der Waals surface area contributed by atoms with Crippen LogP contribution in [-0.2, 0) is 0 Å². The van der Waals surface area contributed by atoms with Crippen LogP contribution < -0.4 is 10.3 Å². The van der Waals surface area contributed by atoms with E-state index in [4.69, 9.17) is 4.84 Å². The highest BCUT2D eigenvalue weighted by Crippen LogP contribution is 2.38. The SMILES string of the molecule is CC(C)(C)C1(O)CN(C(=O)c2ccc(NOc3cccc4cccnc34)cc2)C1. The van der Waals surface area contributed by atoms with E-state index in [9.17, 15) is 9.90 Å². The highest BCUT2D eigenvalue weighted by Gasteiger charge is 2.51. The lowest BCUT2D eigenvalue weighted by Crippen LogP contribution is -2.69. The number of β-amino-alcohol motifs (C(OH)–C–C–N with tert-alkyl or cyclic N) is 1. The van der Waals surface area contributed by atoms with E-state index in [0.29, 0.717) is 24.4 Å². The summed E-state index contributed by atoms with van der Waals surface area (Å²) in [6.45, 7) is 6.67. The molecule has 3 aromatic rings. The molecule has 6 nitrogen and oxygen atoms in total. The van der Waals surface area contributed by atoms with Crippen molar-refractivity contribution in [3.63, 3.8) is 0 Å². The van der Waals surface area contributed by atoms with E-state index >= 15 is 0 Å². The molecule has 2 N–H and O–H groups in total. The quantitative estimate of drug-likeness (QED) is 0.661. The molecule has 4 rings (SSSR count). The predicted octanol–water partition coefficient (Wildman–Crippen LogP) is 3.87. The van der Waals surface area contributed by atoms with Gasteiger partial charge in [-0.25, -0.2) is 5.48 Å². The van der Waals surface area contributed by atoms with Crippen molar-refractivity contribution in [2.75, 3.05) is 18.6 Å². The maximum absolute atomic E-state index is 12.6. The van der Waals surface area contributed by atoms with Crippen LogP contribution in [0.3, 0.4) is 0 Å². The van der Waals surface area contributed by atoms with Gasteiger partial charge in [-0.2, -0.15) is 0 Å². The molecule has 2 aromatic carbocycles. The summed E-state index contributed by atoms with van der Waals surface area (Å²) in [7, 11) is 0. The number of likely N-dealkylation sites (tertiary alicyclic amines) is 1. The van der Waals surface area contributed by atoms with E-state index in [0.717, 1.165) is 16.6 Å². The number of hydrogen-bond acceptors (Lipinski definition) is 5. The topological polar surface area (TPSA) is 74.7 Å². The third-order valence-corrected chi connectivity index (χ3v) is 5.59. The van der Waals surface area contributed by atoms with Gasteiger partial charge >= 0.3 is 0 Å². The van der Waals surface area contributed by atoms with Crippen LogP contribution >= 0.6 is 0 Å². The smallest absolute Gasteiger partial charge is 0.254 e. The maximum Gasteiger partial charge on any atom is 0.254 e. The summed E-state index contributed by atoms with van der Waals surface area (Å²) in [6.07, 6.45) is 1.73. The second-order valence-electron chi connectivity index (χ2n) is 8.56. The molecule has 1 fully saturated rings. The van der Waals surface area contributed by atoms with Crippen LogP contribution in [0.4, 0.5) is 5.69 Å². The Balaban J connectivity index is 1.39. The number of carbonyl (C=O) groups is 1. The number of benzene rings is 2. The summed E-state index contributed by atoms with van der Waals surface area (Å²) in [5.41, 5.74) is 3.90. The van der Waals surface area contributed by atoms with Crippen LogP contribution in [0, 0.1) is 5.41 Å². The molecule has 1 saturated heterocycles. The van der Waals surface area contributed by atoms with Gasteiger partial charge in [0.15, 0.2) is 5.75 Å². The van der Waals surface area contributed by atoms with Crippen LogP contribution in [0.1, 0.15) is 31.1 Å². The van der Waals surface area contributed by atoms with Crippen LogP contribution in [0.5, 0.6) is 5.75 Å². The maximum atomic E-state index is 12.6. The summed E-state index contributed by atoms with van der Waals surface area (Å²) < 4.78 is 0. The second kappa shape index (κ2) is 7.04. The average molecular weight is 391 g/mol. The lowest BCUT2D eigenvalue weighted by atomic mass is 9.71. The minimum Gasteiger partial charge on any atom is -0.386 e. The zero-order chi connectivity index (χ0) is 20.6. The fourth-order valence-corrected chi connectivity index (χ4v) is 3.34. The third-order valence-electron chi connectivity index (χ3n) is 5.59. The van der Waals surface area contributed by atoms with Gasteiger partial charge in [-0.1, -0.05) is 39.0 Å². The number of nitrogens with one attached hydrogen (secondary N) is 1. The number of aliphatic hydroxyl groups is 1. The second-order valence-corrected chi connectivity index (χ2v) is 8.56. The number of amides is 1. The molecular formula is C23H25N3O3. The van der Waals surface area contributed by atoms with Gasteiger partial charge in [0.2, 0.25) is 0 Å². The minimum atomic E-state index is -0.829. The van der Waals surface area contributed by atoms with Crippen LogP contribution in [-0.4, -0.2) is 39.6 Å². The van der Waals surface area contributed by atoms with E-state index in [-0.39, 0.29) is 11.3 Å². The highest BCUT2D eigenvalue weighted by atomic mass is 16.6. The Morgan fingerprint density at radius 2 is 1.79 bits per heavy atom. The number of pyridine rings is 1. The number of para-hydroxylation sites is 1. The molecule has 1 aliphatic heterocycles. The molecule has 0 atom stereocenters. The Morgan fingerprint density at radius 3 is 2.48 bits per heavy atom. The normalized spacial score (nSPS) is 15.7. The molecule has 0 bridgehead atoms. The summed E-state index contributed by atoms with van der Waals surface area (Å²) in [4.78, 5) is 24.4. The number of hydrogen-bond donors (Lipinski definition) is 2. The largest absolute Gasteiger partial charge is 0.386 e. The van der Waals surface area contributed by atoms with E-state index in [1.807, 2.05) is 51.1 Å². The monoisotopic (exact) mass is 391 g/mol. The standard InChI is InChI=1S/C23H25N3O3/c1-22(2,3)23(28)14-26(15-23)21(27)17-9-11-18(12-10-17)25-29-19-8-4-6-16-7-5-13-24-20(16)19/h4-13,25,28H,14-15H2,1-3H3. The van der Waals surface area contributed by atoms with Gasteiger partial charge in [0, 0.05) is 17.1 Å². The number of anilines is 1. The number of carbonyl (C=O) groups excluding carboxylic acids is 1. The van der Waals surface area contributed by atoms with Gasteiger partial charge in [0.05, 0.1) is 18.8 Å². The summed E-state index contributed by atoms with van der Waals surface area (Å²) >= 11 is 0. The number of rotatable bonds is 4. The Bertz CT molecular complexity index is 1030. The average Bonchev–Trinajstić information content (AvgIpc) is 2.69. The van der Waals surface area contributed by atoms with Crippen molar-refractivity contribution < 1.29 is 14.7 Å². The third kappa shape index (κ3) is 3.63. The molecule has 29 heavy (non-hydrogen) atoms. The van der Waals surface area contributed by atoms with Crippen molar-refractivity contribution in [2.45, 2.75) is 26.4 Å². The first-order valence-electron chi connectivity index (χ1n) is 9.65. The Kier molecular flexibility index (Phi) is 4.67. The molecule has 1 aliphatic rings. The van der Waals surface area contributed by atoms with Gasteiger partial charge in [-0.15, -0.1) is 0 Å². The van der Waals surface area contributed by atoms with Crippen molar-refractivity contribution >= 4 is 22.5 Å². The summed E-state index contributed by atoms with van der Waals surface area (Å²) in [6, 6.07) is 16.7. The van der Waals surface area contributed by atoms with Crippen molar-refractivity contribution in [1.29, 1.82) is 0 Å². The van der Waals surface area contributed by atoms with Crippen molar-refractivity contribution in [2.24, 2.45) is 5.41 Å². The van der Waals surface area contributed by atoms with Crippen molar-refractivity contribution in [3.8, 4) is 5.75 Å². The first-order chi connectivity index (χ1) is 13.8. The highest BCUT2D eigenvalue weighted by molar-refractivity contribution is 5.95. The van der Waals surface area contributed by atoms with E-state index in [2.05, 4.69) is 10.5 Å². The lowest BCUT2D eigenvalue weighted by Gasteiger charge is -2.53. The summed E-state index contributed by atoms with van der Waals surface area (Å²) in [5, 5.41) is 11.6. The number of fused-ring (bicyclic) bond motifs is 1. The molecular weight excluding hydrogens is 366 g/mol. The Labute approximate surface area is 170 Å². The molecule has 0 saturated carbocycles. The molecule has 6 heteroatoms. The molecule has 0 radical (unpaired) electrons. The van der Waals surface area contributed by atoms with E-state index < -0.39 is 5.60 Å². The van der Waals surface area contributed by atoms with E-state index in [1.54, 1.807) is 35.4 Å². The Morgan fingerprint density at radius 1 is 1.10 bits per heavy atom. The molecule has 150 valence electrons.